The Morgan fingerprint density at radius 3 is 2.62 bits per heavy atom. The van der Waals surface area contributed by atoms with E-state index in [1.54, 1.807) is 18.3 Å². The molecule has 138 valence electrons. The maximum atomic E-state index is 12.3. The number of nitrogens with zero attached hydrogens (tertiary/aromatic N) is 2. The molecule has 0 aliphatic heterocycles. The van der Waals surface area contributed by atoms with Crippen LogP contribution in [0.3, 0.4) is 0 Å². The van der Waals surface area contributed by atoms with Crippen molar-refractivity contribution in [3.8, 4) is 0 Å². The third-order valence-electron chi connectivity index (χ3n) is 3.14. The molecule has 0 bridgehead atoms. The zero-order valence-electron chi connectivity index (χ0n) is 14.1. The SMILES string of the molecule is CCCSc1ncc(Br)c(C(=O)NCCC(=O)Nc2ccc(Br)cc2)n1. The van der Waals surface area contributed by atoms with Crippen molar-refractivity contribution in [2.75, 3.05) is 17.6 Å². The van der Waals surface area contributed by atoms with Gasteiger partial charge in [0.25, 0.3) is 5.91 Å². The van der Waals surface area contributed by atoms with Crippen LogP contribution in [-0.2, 0) is 4.79 Å². The third-order valence-corrected chi connectivity index (χ3v) is 5.31. The van der Waals surface area contributed by atoms with Crippen LogP contribution in [0.2, 0.25) is 0 Å². The third kappa shape index (κ3) is 6.69. The minimum absolute atomic E-state index is 0.169. The molecule has 9 heteroatoms. The van der Waals surface area contributed by atoms with Crippen LogP contribution < -0.4 is 10.6 Å². The maximum Gasteiger partial charge on any atom is 0.271 e. The van der Waals surface area contributed by atoms with Gasteiger partial charge in [-0.3, -0.25) is 9.59 Å². The molecule has 2 rings (SSSR count). The van der Waals surface area contributed by atoms with Crippen molar-refractivity contribution in [3.63, 3.8) is 0 Å². The number of thioether (sulfide) groups is 1. The lowest BCUT2D eigenvalue weighted by molar-refractivity contribution is -0.116. The number of amides is 2. The molecule has 0 radical (unpaired) electrons. The van der Waals surface area contributed by atoms with Crippen LogP contribution in [0, 0.1) is 0 Å². The van der Waals surface area contributed by atoms with Crippen molar-refractivity contribution in [1.82, 2.24) is 15.3 Å². The van der Waals surface area contributed by atoms with Crippen LogP contribution in [0.15, 0.2) is 44.6 Å². The Bertz CT molecular complexity index is 772. The Balaban J connectivity index is 1.84. The van der Waals surface area contributed by atoms with Crippen molar-refractivity contribution in [2.45, 2.75) is 24.9 Å². The molecule has 1 aromatic heterocycles. The van der Waals surface area contributed by atoms with Crippen LogP contribution in [0.1, 0.15) is 30.3 Å². The Morgan fingerprint density at radius 1 is 1.19 bits per heavy atom. The molecule has 0 unspecified atom stereocenters. The fraction of sp³-hybridized carbons (Fsp3) is 0.294. The average Bonchev–Trinajstić information content (AvgIpc) is 2.63. The second-order valence-electron chi connectivity index (χ2n) is 5.26. The lowest BCUT2D eigenvalue weighted by Crippen LogP contribution is -2.28. The molecule has 0 aliphatic carbocycles. The van der Waals surface area contributed by atoms with E-state index in [1.807, 2.05) is 12.1 Å². The molecule has 0 aliphatic rings. The summed E-state index contributed by atoms with van der Waals surface area (Å²) in [5, 5.41) is 6.05. The van der Waals surface area contributed by atoms with E-state index in [1.165, 1.54) is 11.8 Å². The van der Waals surface area contributed by atoms with Crippen molar-refractivity contribution < 1.29 is 9.59 Å². The topological polar surface area (TPSA) is 84.0 Å². The smallest absolute Gasteiger partial charge is 0.271 e. The van der Waals surface area contributed by atoms with Crippen LogP contribution in [-0.4, -0.2) is 34.1 Å². The summed E-state index contributed by atoms with van der Waals surface area (Å²) < 4.78 is 1.46. The van der Waals surface area contributed by atoms with E-state index in [0.717, 1.165) is 16.6 Å². The van der Waals surface area contributed by atoms with Crippen molar-refractivity contribution in [1.29, 1.82) is 0 Å². The van der Waals surface area contributed by atoms with Crippen LogP contribution >= 0.6 is 43.6 Å². The summed E-state index contributed by atoms with van der Waals surface area (Å²) >= 11 is 8.13. The summed E-state index contributed by atoms with van der Waals surface area (Å²) in [6, 6.07) is 7.29. The lowest BCUT2D eigenvalue weighted by atomic mass is 10.3. The lowest BCUT2D eigenvalue weighted by Gasteiger charge is -2.08. The van der Waals surface area contributed by atoms with Gasteiger partial charge in [0.05, 0.1) is 4.47 Å². The van der Waals surface area contributed by atoms with Gasteiger partial charge in [0.2, 0.25) is 5.91 Å². The summed E-state index contributed by atoms with van der Waals surface area (Å²) in [7, 11) is 0. The quantitative estimate of drug-likeness (QED) is 0.417. The van der Waals surface area contributed by atoms with Crippen LogP contribution in [0.5, 0.6) is 0 Å². The van der Waals surface area contributed by atoms with E-state index in [9.17, 15) is 9.59 Å². The van der Waals surface area contributed by atoms with E-state index >= 15 is 0 Å². The number of halogens is 2. The number of aromatic nitrogens is 2. The summed E-state index contributed by atoms with van der Waals surface area (Å²) in [6.45, 7) is 2.29. The highest BCUT2D eigenvalue weighted by atomic mass is 79.9. The Kier molecular flexibility index (Phi) is 8.53. The molecular formula is C17H18Br2N4O2S. The zero-order chi connectivity index (χ0) is 18.9. The zero-order valence-corrected chi connectivity index (χ0v) is 18.1. The summed E-state index contributed by atoms with van der Waals surface area (Å²) in [6.07, 6.45) is 2.74. The van der Waals surface area contributed by atoms with E-state index in [2.05, 4.69) is 59.4 Å². The fourth-order valence-electron chi connectivity index (χ4n) is 1.90. The fourth-order valence-corrected chi connectivity index (χ4v) is 3.21. The molecular weight excluding hydrogens is 484 g/mol. The number of hydrogen-bond acceptors (Lipinski definition) is 5. The number of carbonyl (C=O) groups excluding carboxylic acids is 2. The van der Waals surface area contributed by atoms with E-state index < -0.39 is 0 Å². The molecule has 0 fully saturated rings. The second-order valence-corrected chi connectivity index (χ2v) is 8.09. The van der Waals surface area contributed by atoms with Gasteiger partial charge in [-0.15, -0.1) is 0 Å². The minimum Gasteiger partial charge on any atom is -0.350 e. The molecule has 2 N–H and O–H groups in total. The number of hydrogen-bond donors (Lipinski definition) is 2. The van der Waals surface area contributed by atoms with Gasteiger partial charge < -0.3 is 10.6 Å². The molecule has 2 amide bonds. The van der Waals surface area contributed by atoms with Gasteiger partial charge in [0.1, 0.15) is 5.69 Å². The van der Waals surface area contributed by atoms with Gasteiger partial charge in [-0.2, -0.15) is 0 Å². The number of rotatable bonds is 8. The molecule has 0 atom stereocenters. The molecule has 0 spiro atoms. The second kappa shape index (κ2) is 10.6. The Morgan fingerprint density at radius 2 is 1.92 bits per heavy atom. The van der Waals surface area contributed by atoms with Gasteiger partial charge in [-0.1, -0.05) is 34.6 Å². The van der Waals surface area contributed by atoms with Gasteiger partial charge in [-0.05, 0) is 46.6 Å². The molecule has 0 saturated heterocycles. The molecule has 1 heterocycles. The number of carbonyl (C=O) groups is 2. The average molecular weight is 502 g/mol. The van der Waals surface area contributed by atoms with Gasteiger partial charge in [0.15, 0.2) is 5.16 Å². The van der Waals surface area contributed by atoms with Crippen molar-refractivity contribution in [2.24, 2.45) is 0 Å². The minimum atomic E-state index is -0.339. The van der Waals surface area contributed by atoms with Crippen LogP contribution in [0.25, 0.3) is 0 Å². The monoisotopic (exact) mass is 500 g/mol. The molecule has 26 heavy (non-hydrogen) atoms. The normalized spacial score (nSPS) is 10.4. The first kappa shape index (κ1) is 20.9. The highest BCUT2D eigenvalue weighted by Crippen LogP contribution is 2.19. The Labute approximate surface area is 173 Å². The molecule has 1 aromatic carbocycles. The largest absolute Gasteiger partial charge is 0.350 e. The first-order chi connectivity index (χ1) is 12.5. The number of anilines is 1. The summed E-state index contributed by atoms with van der Waals surface area (Å²) in [5.41, 5.74) is 0.979. The first-order valence-corrected chi connectivity index (χ1v) is 10.6. The van der Waals surface area contributed by atoms with Crippen molar-refractivity contribution in [3.05, 3.63) is 45.1 Å². The first-order valence-electron chi connectivity index (χ1n) is 7.98. The molecule has 2 aromatic rings. The number of benzene rings is 1. The van der Waals surface area contributed by atoms with Crippen molar-refractivity contribution >= 4 is 61.1 Å². The van der Waals surface area contributed by atoms with E-state index in [-0.39, 0.29) is 30.5 Å². The number of nitrogens with one attached hydrogen (secondary N) is 2. The molecule has 0 saturated carbocycles. The van der Waals surface area contributed by atoms with Gasteiger partial charge in [-0.25, -0.2) is 9.97 Å². The van der Waals surface area contributed by atoms with E-state index in [4.69, 9.17) is 0 Å². The van der Waals surface area contributed by atoms with Crippen LogP contribution in [0.4, 0.5) is 5.69 Å². The Hall–Kier alpha value is -1.45. The summed E-state index contributed by atoms with van der Waals surface area (Å²) in [5.74, 6) is 0.376. The summed E-state index contributed by atoms with van der Waals surface area (Å²) in [4.78, 5) is 32.7. The predicted molar refractivity (Wildman–Crippen MR) is 110 cm³/mol. The highest BCUT2D eigenvalue weighted by molar-refractivity contribution is 9.10. The van der Waals surface area contributed by atoms with Gasteiger partial charge >= 0.3 is 0 Å². The standard InChI is InChI=1S/C17H18Br2N4O2S/c1-2-9-26-17-21-10-13(19)15(23-17)16(25)20-8-7-14(24)22-12-5-3-11(18)4-6-12/h3-6,10H,2,7-9H2,1H3,(H,20,25)(H,22,24). The maximum absolute atomic E-state index is 12.3. The predicted octanol–water partition coefficient (Wildman–Crippen LogP) is 4.26. The molecule has 6 nitrogen and oxygen atoms in total. The van der Waals surface area contributed by atoms with Gasteiger partial charge in [0, 0.05) is 35.1 Å². The van der Waals surface area contributed by atoms with E-state index in [0.29, 0.717) is 15.3 Å². The highest BCUT2D eigenvalue weighted by Gasteiger charge is 2.14.